The van der Waals surface area contributed by atoms with Crippen LogP contribution in [0.25, 0.3) is 10.8 Å². The summed E-state index contributed by atoms with van der Waals surface area (Å²) in [5.74, 6) is -1.01. The molecule has 2 aromatic heterocycles. The molecular formula is C11H10BrNO4S. The highest BCUT2D eigenvalue weighted by Gasteiger charge is 2.21. The molecule has 0 bridgehead atoms. The number of methoxy groups -OCH3 is 1. The molecule has 1 N–H and O–H groups in total. The molecule has 0 radical (unpaired) electrons. The van der Waals surface area contributed by atoms with Gasteiger partial charge in [-0.3, -0.25) is 0 Å². The number of hydrogen-bond acceptors (Lipinski definition) is 5. The van der Waals surface area contributed by atoms with Gasteiger partial charge < -0.3 is 14.3 Å². The molecule has 96 valence electrons. The van der Waals surface area contributed by atoms with Crippen molar-refractivity contribution in [2.45, 2.75) is 13.5 Å². The highest BCUT2D eigenvalue weighted by molar-refractivity contribution is 9.11. The summed E-state index contributed by atoms with van der Waals surface area (Å²) in [6.07, 6.45) is 0. The quantitative estimate of drug-likeness (QED) is 0.930. The molecule has 0 atom stereocenters. The van der Waals surface area contributed by atoms with E-state index in [1.54, 1.807) is 0 Å². The normalized spacial score (nSPS) is 10.8. The lowest BCUT2D eigenvalue weighted by atomic mass is 10.3. The number of aromatic nitrogens is 1. The molecule has 18 heavy (non-hydrogen) atoms. The highest BCUT2D eigenvalue weighted by atomic mass is 79.9. The number of carboxylic acid groups (broad SMARTS) is 1. The fourth-order valence-corrected chi connectivity index (χ4v) is 2.88. The Kier molecular flexibility index (Phi) is 3.84. The highest BCUT2D eigenvalue weighted by Crippen LogP contribution is 2.35. The number of nitrogens with zero attached hydrogens (tertiary/aromatic N) is 1. The van der Waals surface area contributed by atoms with Crippen LogP contribution in [-0.2, 0) is 11.3 Å². The first kappa shape index (κ1) is 13.3. The molecule has 0 spiro atoms. The summed E-state index contributed by atoms with van der Waals surface area (Å²) in [5.41, 5.74) is 1.35. The summed E-state index contributed by atoms with van der Waals surface area (Å²) in [7, 11) is 1.48. The van der Waals surface area contributed by atoms with Gasteiger partial charge in [0, 0.05) is 7.11 Å². The Morgan fingerprint density at radius 3 is 2.89 bits per heavy atom. The molecule has 2 heterocycles. The molecule has 0 saturated heterocycles. The van der Waals surface area contributed by atoms with Crippen LogP contribution in [0.2, 0.25) is 0 Å². The monoisotopic (exact) mass is 331 g/mol. The van der Waals surface area contributed by atoms with Gasteiger partial charge >= 0.3 is 5.97 Å². The lowest BCUT2D eigenvalue weighted by Gasteiger charge is -1.92. The van der Waals surface area contributed by atoms with Crippen molar-refractivity contribution < 1.29 is 19.1 Å². The van der Waals surface area contributed by atoms with Crippen molar-refractivity contribution in [2.24, 2.45) is 0 Å². The topological polar surface area (TPSA) is 72.6 Å². The van der Waals surface area contributed by atoms with Crippen molar-refractivity contribution in [1.82, 2.24) is 4.98 Å². The van der Waals surface area contributed by atoms with Gasteiger partial charge in [-0.25, -0.2) is 9.78 Å². The number of thiophene rings is 1. The number of carboxylic acids is 1. The van der Waals surface area contributed by atoms with E-state index >= 15 is 0 Å². The SMILES string of the molecule is COCc1nc(-c2cc(C)c(Br)s2)oc1C(=O)O. The molecule has 0 unspecified atom stereocenters. The first-order valence-electron chi connectivity index (χ1n) is 5.01. The van der Waals surface area contributed by atoms with E-state index in [1.165, 1.54) is 18.4 Å². The molecule has 0 aliphatic carbocycles. The average Bonchev–Trinajstić information content (AvgIpc) is 2.85. The van der Waals surface area contributed by atoms with Crippen molar-refractivity contribution in [1.29, 1.82) is 0 Å². The third-order valence-electron chi connectivity index (χ3n) is 2.24. The van der Waals surface area contributed by atoms with Crippen LogP contribution < -0.4 is 0 Å². The van der Waals surface area contributed by atoms with E-state index in [9.17, 15) is 4.79 Å². The lowest BCUT2D eigenvalue weighted by molar-refractivity contribution is 0.0656. The van der Waals surface area contributed by atoms with Gasteiger partial charge in [-0.15, -0.1) is 11.3 Å². The predicted octanol–water partition coefficient (Wildman–Crippen LogP) is 3.32. The van der Waals surface area contributed by atoms with Crippen LogP contribution in [0.4, 0.5) is 0 Å². The predicted molar refractivity (Wildman–Crippen MR) is 69.9 cm³/mol. The van der Waals surface area contributed by atoms with Crippen molar-refractivity contribution in [3.63, 3.8) is 0 Å². The summed E-state index contributed by atoms with van der Waals surface area (Å²) in [6.45, 7) is 2.05. The largest absolute Gasteiger partial charge is 0.475 e. The standard InChI is InChI=1S/C11H10BrNO4S/c1-5-3-7(18-9(5)12)10-13-6(4-16-2)8(17-10)11(14)15/h3H,4H2,1-2H3,(H,14,15). The Labute approximate surface area is 116 Å². The Hall–Kier alpha value is -1.18. The second-order valence-corrected chi connectivity index (χ2v) is 5.97. The van der Waals surface area contributed by atoms with Crippen molar-refractivity contribution in [3.05, 3.63) is 26.9 Å². The van der Waals surface area contributed by atoms with Crippen LogP contribution in [0.5, 0.6) is 0 Å². The van der Waals surface area contributed by atoms with Crippen LogP contribution in [0.3, 0.4) is 0 Å². The van der Waals surface area contributed by atoms with Gasteiger partial charge in [0.15, 0.2) is 0 Å². The van der Waals surface area contributed by atoms with E-state index in [2.05, 4.69) is 20.9 Å². The van der Waals surface area contributed by atoms with Gasteiger partial charge in [0.2, 0.25) is 11.7 Å². The number of aromatic carboxylic acids is 1. The Balaban J connectivity index is 2.45. The number of carbonyl (C=O) groups is 1. The zero-order chi connectivity index (χ0) is 13.3. The molecule has 2 rings (SSSR count). The fraction of sp³-hybridized carbons (Fsp3) is 0.273. The van der Waals surface area contributed by atoms with Crippen molar-refractivity contribution in [2.75, 3.05) is 7.11 Å². The Bertz CT molecular complexity index is 570. The van der Waals surface area contributed by atoms with E-state index in [0.29, 0.717) is 11.6 Å². The van der Waals surface area contributed by atoms with Crippen LogP contribution in [0.1, 0.15) is 21.8 Å². The molecule has 7 heteroatoms. The van der Waals surface area contributed by atoms with Crippen LogP contribution >= 0.6 is 27.3 Å². The smallest absolute Gasteiger partial charge is 0.373 e. The summed E-state index contributed by atoms with van der Waals surface area (Å²) in [4.78, 5) is 16.0. The molecule has 0 aliphatic rings. The molecule has 0 fully saturated rings. The van der Waals surface area contributed by atoms with E-state index < -0.39 is 5.97 Å². The second-order valence-electron chi connectivity index (χ2n) is 3.60. The minimum absolute atomic E-state index is 0.108. The van der Waals surface area contributed by atoms with Gasteiger partial charge in [0.1, 0.15) is 5.69 Å². The minimum atomic E-state index is -1.15. The molecule has 5 nitrogen and oxygen atoms in total. The zero-order valence-electron chi connectivity index (χ0n) is 9.69. The zero-order valence-corrected chi connectivity index (χ0v) is 12.1. The number of aryl methyl sites for hydroxylation is 1. The summed E-state index contributed by atoms with van der Waals surface area (Å²) >= 11 is 4.85. The lowest BCUT2D eigenvalue weighted by Crippen LogP contribution is -2.00. The summed E-state index contributed by atoms with van der Waals surface area (Å²) in [5, 5.41) is 9.02. The van der Waals surface area contributed by atoms with E-state index in [0.717, 1.165) is 14.2 Å². The molecule has 2 aromatic rings. The number of oxazole rings is 1. The maximum Gasteiger partial charge on any atom is 0.373 e. The average molecular weight is 332 g/mol. The van der Waals surface area contributed by atoms with Gasteiger partial charge in [0.05, 0.1) is 15.3 Å². The number of halogens is 1. The minimum Gasteiger partial charge on any atom is -0.475 e. The number of rotatable bonds is 4. The molecule has 0 aliphatic heterocycles. The van der Waals surface area contributed by atoms with E-state index in [1.807, 2.05) is 13.0 Å². The molecule has 0 amide bonds. The molecule has 0 saturated carbocycles. The van der Waals surface area contributed by atoms with Crippen LogP contribution in [0, 0.1) is 6.92 Å². The first-order valence-corrected chi connectivity index (χ1v) is 6.62. The van der Waals surface area contributed by atoms with E-state index in [4.69, 9.17) is 14.3 Å². The maximum absolute atomic E-state index is 11.0. The van der Waals surface area contributed by atoms with Crippen LogP contribution in [0.15, 0.2) is 14.3 Å². The number of hydrogen-bond donors (Lipinski definition) is 1. The summed E-state index contributed by atoms with van der Waals surface area (Å²) in [6, 6.07) is 1.89. The third-order valence-corrected chi connectivity index (χ3v) is 4.37. The van der Waals surface area contributed by atoms with Gasteiger partial charge in [-0.2, -0.15) is 0 Å². The van der Waals surface area contributed by atoms with Crippen molar-refractivity contribution in [3.8, 4) is 10.8 Å². The van der Waals surface area contributed by atoms with Crippen LogP contribution in [-0.4, -0.2) is 23.2 Å². The van der Waals surface area contributed by atoms with E-state index in [-0.39, 0.29) is 12.4 Å². The first-order chi connectivity index (χ1) is 8.52. The second kappa shape index (κ2) is 5.21. The third kappa shape index (κ3) is 2.47. The Morgan fingerprint density at radius 2 is 2.39 bits per heavy atom. The molecular weight excluding hydrogens is 322 g/mol. The van der Waals surface area contributed by atoms with Gasteiger partial charge in [-0.05, 0) is 34.5 Å². The maximum atomic E-state index is 11.0. The Morgan fingerprint density at radius 1 is 1.67 bits per heavy atom. The number of ether oxygens (including phenoxy) is 1. The molecule has 0 aromatic carbocycles. The fourth-order valence-electron chi connectivity index (χ4n) is 1.42. The summed E-state index contributed by atoms with van der Waals surface area (Å²) < 4.78 is 11.2. The van der Waals surface area contributed by atoms with Gasteiger partial charge in [-0.1, -0.05) is 0 Å². The van der Waals surface area contributed by atoms with Gasteiger partial charge in [0.25, 0.3) is 0 Å². The van der Waals surface area contributed by atoms with Crippen molar-refractivity contribution >= 4 is 33.2 Å².